The summed E-state index contributed by atoms with van der Waals surface area (Å²) in [6, 6.07) is 3.16. The average molecular weight is 198 g/mol. The molecular weight excluding hydrogens is 190 g/mol. The Morgan fingerprint density at radius 1 is 1.38 bits per heavy atom. The summed E-state index contributed by atoms with van der Waals surface area (Å²) in [6.07, 6.45) is 1.69. The topological polar surface area (TPSA) is 58.6 Å². The molecule has 0 saturated carbocycles. The number of hydrogen-bond acceptors (Lipinski definition) is 3. The molecular formula is C8H8ClN3O. The van der Waals surface area contributed by atoms with Gasteiger partial charge in [-0.2, -0.15) is 0 Å². The fourth-order valence-electron chi connectivity index (χ4n) is 1.03. The molecule has 0 fully saturated rings. The highest BCUT2D eigenvalue weighted by molar-refractivity contribution is 5.85. The van der Waals surface area contributed by atoms with Crippen LogP contribution >= 0.6 is 12.4 Å². The van der Waals surface area contributed by atoms with Crippen molar-refractivity contribution < 1.29 is 0 Å². The Kier molecular flexibility index (Phi) is 2.63. The lowest BCUT2D eigenvalue weighted by molar-refractivity contribution is 1.06. The summed E-state index contributed by atoms with van der Waals surface area (Å²) in [7, 11) is 0. The summed E-state index contributed by atoms with van der Waals surface area (Å²) in [5, 5.41) is 0.847. The van der Waals surface area contributed by atoms with Crippen molar-refractivity contribution >= 4 is 23.4 Å². The molecule has 0 spiro atoms. The number of aromatic amines is 1. The van der Waals surface area contributed by atoms with E-state index in [0.29, 0.717) is 11.5 Å². The van der Waals surface area contributed by atoms with E-state index in [9.17, 15) is 4.79 Å². The average Bonchev–Trinajstić information content (AvgIpc) is 2.03. The smallest absolute Gasteiger partial charge is 0.249 e. The SMILES string of the molecule is Cc1ncc2ccc(=O)[nH]c2n1.Cl. The van der Waals surface area contributed by atoms with Gasteiger partial charge in [0.05, 0.1) is 0 Å². The van der Waals surface area contributed by atoms with Gasteiger partial charge in [-0.1, -0.05) is 0 Å². The van der Waals surface area contributed by atoms with Crippen LogP contribution in [0.3, 0.4) is 0 Å². The normalized spacial score (nSPS) is 9.62. The molecule has 68 valence electrons. The molecule has 0 amide bonds. The van der Waals surface area contributed by atoms with Crippen molar-refractivity contribution in [3.05, 3.63) is 34.5 Å². The molecule has 5 heteroatoms. The van der Waals surface area contributed by atoms with Crippen molar-refractivity contribution in [1.82, 2.24) is 15.0 Å². The van der Waals surface area contributed by atoms with E-state index < -0.39 is 0 Å². The van der Waals surface area contributed by atoms with E-state index in [2.05, 4.69) is 15.0 Å². The molecule has 0 saturated heterocycles. The summed E-state index contributed by atoms with van der Waals surface area (Å²) in [5.74, 6) is 0.657. The second-order valence-corrected chi connectivity index (χ2v) is 2.54. The zero-order valence-corrected chi connectivity index (χ0v) is 7.76. The Morgan fingerprint density at radius 2 is 2.15 bits per heavy atom. The van der Waals surface area contributed by atoms with Gasteiger partial charge < -0.3 is 4.98 Å². The molecule has 0 aliphatic heterocycles. The number of aromatic nitrogens is 3. The highest BCUT2D eigenvalue weighted by atomic mass is 35.5. The van der Waals surface area contributed by atoms with Crippen LogP contribution in [0.5, 0.6) is 0 Å². The standard InChI is InChI=1S/C8H7N3O.ClH/c1-5-9-4-6-2-3-7(12)11-8(6)10-5;/h2-4H,1H3,(H,9,10,11,12);1H. The molecule has 13 heavy (non-hydrogen) atoms. The zero-order valence-electron chi connectivity index (χ0n) is 6.94. The van der Waals surface area contributed by atoms with Crippen molar-refractivity contribution in [3.8, 4) is 0 Å². The van der Waals surface area contributed by atoms with Crippen LogP contribution in [0, 0.1) is 6.92 Å². The van der Waals surface area contributed by atoms with Crippen LogP contribution in [0.15, 0.2) is 23.1 Å². The predicted octanol–water partition coefficient (Wildman–Crippen LogP) is 1.05. The van der Waals surface area contributed by atoms with Crippen LogP contribution in [-0.4, -0.2) is 15.0 Å². The number of H-pyrrole nitrogens is 1. The van der Waals surface area contributed by atoms with Crippen LogP contribution < -0.4 is 5.56 Å². The first-order valence-electron chi connectivity index (χ1n) is 3.58. The maximum atomic E-state index is 10.9. The van der Waals surface area contributed by atoms with Crippen molar-refractivity contribution in [2.45, 2.75) is 6.92 Å². The van der Waals surface area contributed by atoms with E-state index in [0.717, 1.165) is 5.39 Å². The number of pyridine rings is 1. The Bertz CT molecular complexity index is 480. The second kappa shape index (κ2) is 3.53. The van der Waals surface area contributed by atoms with Gasteiger partial charge in [0.2, 0.25) is 5.56 Å². The number of nitrogens with zero attached hydrogens (tertiary/aromatic N) is 2. The number of fused-ring (bicyclic) bond motifs is 1. The highest BCUT2D eigenvalue weighted by Crippen LogP contribution is 2.03. The summed E-state index contributed by atoms with van der Waals surface area (Å²) < 4.78 is 0. The minimum atomic E-state index is -0.138. The summed E-state index contributed by atoms with van der Waals surface area (Å²) in [6.45, 7) is 1.78. The third-order valence-electron chi connectivity index (χ3n) is 1.59. The van der Waals surface area contributed by atoms with Crippen LogP contribution in [0.2, 0.25) is 0 Å². The lowest BCUT2D eigenvalue weighted by Crippen LogP contribution is -2.04. The van der Waals surface area contributed by atoms with E-state index in [1.165, 1.54) is 6.07 Å². The molecule has 0 bridgehead atoms. The van der Waals surface area contributed by atoms with Crippen LogP contribution in [-0.2, 0) is 0 Å². The summed E-state index contributed by atoms with van der Waals surface area (Å²) >= 11 is 0. The molecule has 2 aromatic rings. The molecule has 0 aliphatic carbocycles. The van der Waals surface area contributed by atoms with Crippen molar-refractivity contribution in [2.75, 3.05) is 0 Å². The molecule has 0 atom stereocenters. The number of hydrogen-bond donors (Lipinski definition) is 1. The Hall–Kier alpha value is -1.42. The lowest BCUT2D eigenvalue weighted by Gasteiger charge is -1.95. The Balaban J connectivity index is 0.000000845. The number of aryl methyl sites for hydroxylation is 1. The maximum absolute atomic E-state index is 10.9. The van der Waals surface area contributed by atoms with Gasteiger partial charge in [-0.15, -0.1) is 12.4 Å². The van der Waals surface area contributed by atoms with E-state index in [-0.39, 0.29) is 18.0 Å². The molecule has 2 rings (SSSR count). The van der Waals surface area contributed by atoms with Gasteiger partial charge >= 0.3 is 0 Å². The van der Waals surface area contributed by atoms with Crippen molar-refractivity contribution in [1.29, 1.82) is 0 Å². The highest BCUT2D eigenvalue weighted by Gasteiger charge is 1.95. The first-order valence-corrected chi connectivity index (χ1v) is 3.58. The third-order valence-corrected chi connectivity index (χ3v) is 1.59. The van der Waals surface area contributed by atoms with Gasteiger partial charge in [0.25, 0.3) is 0 Å². The van der Waals surface area contributed by atoms with Gasteiger partial charge in [0.1, 0.15) is 11.5 Å². The minimum Gasteiger partial charge on any atom is -0.306 e. The van der Waals surface area contributed by atoms with Crippen LogP contribution in [0.1, 0.15) is 5.82 Å². The molecule has 0 aliphatic rings. The molecule has 4 nitrogen and oxygen atoms in total. The fourth-order valence-corrected chi connectivity index (χ4v) is 1.03. The van der Waals surface area contributed by atoms with E-state index in [1.807, 2.05) is 0 Å². The van der Waals surface area contributed by atoms with Crippen LogP contribution in [0.25, 0.3) is 11.0 Å². The summed E-state index contributed by atoms with van der Waals surface area (Å²) in [5.41, 5.74) is 0.454. The zero-order chi connectivity index (χ0) is 8.55. The van der Waals surface area contributed by atoms with Crippen molar-refractivity contribution in [3.63, 3.8) is 0 Å². The van der Waals surface area contributed by atoms with E-state index in [4.69, 9.17) is 0 Å². The molecule has 0 radical (unpaired) electrons. The van der Waals surface area contributed by atoms with E-state index in [1.54, 1.807) is 19.2 Å². The fraction of sp³-hybridized carbons (Fsp3) is 0.125. The Labute approximate surface area is 80.5 Å². The van der Waals surface area contributed by atoms with Gasteiger partial charge in [0.15, 0.2) is 0 Å². The maximum Gasteiger partial charge on any atom is 0.249 e. The number of halogens is 1. The van der Waals surface area contributed by atoms with Crippen molar-refractivity contribution in [2.24, 2.45) is 0 Å². The van der Waals surface area contributed by atoms with Gasteiger partial charge in [-0.3, -0.25) is 4.79 Å². The largest absolute Gasteiger partial charge is 0.306 e. The molecule has 2 heterocycles. The molecule has 2 aromatic heterocycles. The molecule has 1 N–H and O–H groups in total. The Morgan fingerprint density at radius 3 is 2.92 bits per heavy atom. The predicted molar refractivity (Wildman–Crippen MR) is 52.1 cm³/mol. The number of rotatable bonds is 0. The van der Waals surface area contributed by atoms with Gasteiger partial charge in [-0.05, 0) is 13.0 Å². The van der Waals surface area contributed by atoms with Crippen LogP contribution in [0.4, 0.5) is 0 Å². The molecule has 0 aromatic carbocycles. The van der Waals surface area contributed by atoms with Gasteiger partial charge in [-0.25, -0.2) is 9.97 Å². The minimum absolute atomic E-state index is 0. The third kappa shape index (κ3) is 1.84. The van der Waals surface area contributed by atoms with E-state index >= 15 is 0 Å². The second-order valence-electron chi connectivity index (χ2n) is 2.54. The first kappa shape index (κ1) is 9.67. The summed E-state index contributed by atoms with van der Waals surface area (Å²) in [4.78, 5) is 21.6. The van der Waals surface area contributed by atoms with Gasteiger partial charge in [0, 0.05) is 17.6 Å². The lowest BCUT2D eigenvalue weighted by atomic mass is 10.3. The number of nitrogens with one attached hydrogen (secondary N) is 1. The molecule has 0 unspecified atom stereocenters. The monoisotopic (exact) mass is 197 g/mol. The first-order chi connectivity index (χ1) is 5.75. The quantitative estimate of drug-likeness (QED) is 0.687.